The Hall–Kier alpha value is -1.57. The van der Waals surface area contributed by atoms with Crippen molar-refractivity contribution in [1.29, 1.82) is 0 Å². The molecule has 0 aliphatic heterocycles. The fraction of sp³-hybridized carbons (Fsp3) is 0.600. The van der Waals surface area contributed by atoms with Crippen molar-refractivity contribution in [1.82, 2.24) is 15.1 Å². The molecular weight excluding hydrogens is 249 g/mol. The number of aromatic nitrogens is 2. The maximum absolute atomic E-state index is 12.6. The van der Waals surface area contributed by atoms with Crippen LogP contribution in [0.3, 0.4) is 0 Å². The molecule has 5 nitrogen and oxygen atoms in total. The summed E-state index contributed by atoms with van der Waals surface area (Å²) in [6, 6.07) is -0.332. The summed E-state index contributed by atoms with van der Waals surface area (Å²) in [7, 11) is 1.39. The number of amides is 1. The van der Waals surface area contributed by atoms with E-state index in [4.69, 9.17) is 5.73 Å². The van der Waals surface area contributed by atoms with Gasteiger partial charge in [-0.15, -0.1) is 0 Å². The van der Waals surface area contributed by atoms with Gasteiger partial charge in [0.05, 0.1) is 0 Å². The molecule has 1 amide bonds. The molecule has 1 aromatic heterocycles. The van der Waals surface area contributed by atoms with Crippen LogP contribution in [0, 0.1) is 0 Å². The van der Waals surface area contributed by atoms with E-state index < -0.39 is 11.9 Å². The average Bonchev–Trinajstić information content (AvgIpc) is 2.55. The largest absolute Gasteiger partial charge is 0.435 e. The van der Waals surface area contributed by atoms with Crippen LogP contribution >= 0.6 is 0 Å². The van der Waals surface area contributed by atoms with Crippen LogP contribution in [0.4, 0.5) is 13.2 Å². The minimum absolute atomic E-state index is 0.0666. The molecule has 0 aliphatic rings. The van der Waals surface area contributed by atoms with Crippen LogP contribution in [0.2, 0.25) is 0 Å². The highest BCUT2D eigenvalue weighted by molar-refractivity contribution is 5.76. The SMILES string of the molecule is CC(N)CC(=O)NCc1cn(C)nc1C(F)(F)F. The molecule has 0 spiro atoms. The molecule has 0 saturated heterocycles. The third-order valence-electron chi connectivity index (χ3n) is 2.16. The zero-order valence-electron chi connectivity index (χ0n) is 10.1. The van der Waals surface area contributed by atoms with Crippen molar-refractivity contribution < 1.29 is 18.0 Å². The van der Waals surface area contributed by atoms with Gasteiger partial charge in [-0.3, -0.25) is 9.48 Å². The van der Waals surface area contributed by atoms with Crippen LogP contribution in [-0.4, -0.2) is 21.7 Å². The van der Waals surface area contributed by atoms with Crippen LogP contribution in [0.25, 0.3) is 0 Å². The number of carbonyl (C=O) groups excluding carboxylic acids is 1. The number of hydrogen-bond acceptors (Lipinski definition) is 3. The third kappa shape index (κ3) is 4.02. The summed E-state index contributed by atoms with van der Waals surface area (Å²) in [6.07, 6.45) is -3.22. The second kappa shape index (κ2) is 5.38. The molecule has 8 heteroatoms. The first kappa shape index (κ1) is 14.5. The standard InChI is InChI=1S/C10H15F3N4O/c1-6(14)3-8(18)15-4-7-5-17(2)16-9(7)10(11,12)13/h5-6H,3-4,14H2,1-2H3,(H,15,18). The van der Waals surface area contributed by atoms with Crippen molar-refractivity contribution in [2.24, 2.45) is 12.8 Å². The molecule has 1 atom stereocenters. The van der Waals surface area contributed by atoms with Gasteiger partial charge in [0.1, 0.15) is 0 Å². The van der Waals surface area contributed by atoms with Crippen molar-refractivity contribution >= 4 is 5.91 Å². The normalized spacial score (nSPS) is 13.4. The first-order chi connectivity index (χ1) is 8.20. The number of halogens is 3. The molecule has 1 aromatic rings. The maximum atomic E-state index is 12.6. The minimum Gasteiger partial charge on any atom is -0.352 e. The number of hydrogen-bond donors (Lipinski definition) is 2. The monoisotopic (exact) mass is 264 g/mol. The Kier molecular flexibility index (Phi) is 4.33. The molecular formula is C10H15F3N4O. The molecule has 102 valence electrons. The quantitative estimate of drug-likeness (QED) is 0.844. The Morgan fingerprint density at radius 2 is 2.22 bits per heavy atom. The van der Waals surface area contributed by atoms with Gasteiger partial charge >= 0.3 is 6.18 Å². The number of rotatable bonds is 4. The first-order valence-electron chi connectivity index (χ1n) is 5.32. The van der Waals surface area contributed by atoms with Gasteiger partial charge in [0, 0.05) is 37.8 Å². The van der Waals surface area contributed by atoms with E-state index >= 15 is 0 Å². The Balaban J connectivity index is 2.71. The Morgan fingerprint density at radius 1 is 1.61 bits per heavy atom. The van der Waals surface area contributed by atoms with Gasteiger partial charge in [-0.1, -0.05) is 0 Å². The maximum Gasteiger partial charge on any atom is 0.435 e. The molecule has 0 radical (unpaired) electrons. The fourth-order valence-corrected chi connectivity index (χ4v) is 1.46. The van der Waals surface area contributed by atoms with E-state index in [0.717, 1.165) is 4.68 Å². The van der Waals surface area contributed by atoms with E-state index in [1.54, 1.807) is 6.92 Å². The van der Waals surface area contributed by atoms with E-state index in [-0.39, 0.29) is 30.5 Å². The molecule has 1 rings (SSSR count). The summed E-state index contributed by atoms with van der Waals surface area (Å²) >= 11 is 0. The van der Waals surface area contributed by atoms with Gasteiger partial charge in [-0.2, -0.15) is 18.3 Å². The summed E-state index contributed by atoms with van der Waals surface area (Å²) in [5.74, 6) is -0.387. The number of nitrogens with zero attached hydrogens (tertiary/aromatic N) is 2. The minimum atomic E-state index is -4.53. The highest BCUT2D eigenvalue weighted by Gasteiger charge is 2.36. The van der Waals surface area contributed by atoms with E-state index in [9.17, 15) is 18.0 Å². The summed E-state index contributed by atoms with van der Waals surface area (Å²) in [4.78, 5) is 11.3. The number of aryl methyl sites for hydroxylation is 1. The number of nitrogens with one attached hydrogen (secondary N) is 1. The van der Waals surface area contributed by atoms with Crippen LogP contribution in [0.1, 0.15) is 24.6 Å². The van der Waals surface area contributed by atoms with E-state index in [2.05, 4.69) is 10.4 Å². The van der Waals surface area contributed by atoms with E-state index in [1.807, 2.05) is 0 Å². The molecule has 18 heavy (non-hydrogen) atoms. The van der Waals surface area contributed by atoms with Crippen molar-refractivity contribution in [3.63, 3.8) is 0 Å². The zero-order valence-corrected chi connectivity index (χ0v) is 10.1. The molecule has 1 heterocycles. The lowest BCUT2D eigenvalue weighted by molar-refractivity contribution is -0.142. The summed E-state index contributed by atoms with van der Waals surface area (Å²) < 4.78 is 38.8. The van der Waals surface area contributed by atoms with Gasteiger partial charge in [-0.25, -0.2) is 0 Å². The molecule has 0 fully saturated rings. The highest BCUT2D eigenvalue weighted by atomic mass is 19.4. The lowest BCUT2D eigenvalue weighted by atomic mass is 10.2. The van der Waals surface area contributed by atoms with Gasteiger partial charge in [-0.05, 0) is 6.92 Å². The van der Waals surface area contributed by atoms with E-state index in [0.29, 0.717) is 0 Å². The van der Waals surface area contributed by atoms with Gasteiger partial charge in [0.25, 0.3) is 0 Å². The molecule has 0 bridgehead atoms. The van der Waals surface area contributed by atoms with Crippen molar-refractivity contribution in [2.75, 3.05) is 0 Å². The molecule has 3 N–H and O–H groups in total. The first-order valence-corrected chi connectivity index (χ1v) is 5.32. The Labute approximate surface area is 102 Å². The fourth-order valence-electron chi connectivity index (χ4n) is 1.46. The van der Waals surface area contributed by atoms with Crippen LogP contribution in [0.5, 0.6) is 0 Å². The smallest absolute Gasteiger partial charge is 0.352 e. The molecule has 0 saturated carbocycles. The van der Waals surface area contributed by atoms with Gasteiger partial charge < -0.3 is 11.1 Å². The number of alkyl halides is 3. The average molecular weight is 264 g/mol. The topological polar surface area (TPSA) is 72.9 Å². The molecule has 0 aliphatic carbocycles. The summed E-state index contributed by atoms with van der Waals surface area (Å²) in [6.45, 7) is 1.43. The predicted octanol–water partition coefficient (Wildman–Crippen LogP) is 0.792. The van der Waals surface area contributed by atoms with Crippen molar-refractivity contribution in [3.8, 4) is 0 Å². The van der Waals surface area contributed by atoms with Crippen molar-refractivity contribution in [3.05, 3.63) is 17.5 Å². The lowest BCUT2D eigenvalue weighted by Gasteiger charge is -2.08. The summed E-state index contributed by atoms with van der Waals surface area (Å²) in [5, 5.41) is 5.72. The van der Waals surface area contributed by atoms with Gasteiger partial charge in [0.15, 0.2) is 5.69 Å². The van der Waals surface area contributed by atoms with Crippen LogP contribution in [0.15, 0.2) is 6.20 Å². The highest BCUT2D eigenvalue weighted by Crippen LogP contribution is 2.30. The van der Waals surface area contributed by atoms with Crippen LogP contribution in [-0.2, 0) is 24.6 Å². The molecule has 0 aromatic carbocycles. The Bertz CT molecular complexity index is 425. The van der Waals surface area contributed by atoms with E-state index in [1.165, 1.54) is 13.2 Å². The third-order valence-corrected chi connectivity index (χ3v) is 2.16. The second-order valence-corrected chi connectivity index (χ2v) is 4.13. The second-order valence-electron chi connectivity index (χ2n) is 4.13. The molecule has 1 unspecified atom stereocenters. The number of carbonyl (C=O) groups is 1. The van der Waals surface area contributed by atoms with Crippen molar-refractivity contribution in [2.45, 2.75) is 32.1 Å². The zero-order chi connectivity index (χ0) is 13.9. The summed E-state index contributed by atoms with van der Waals surface area (Å²) in [5.41, 5.74) is 4.36. The number of nitrogens with two attached hydrogens (primary N) is 1. The lowest BCUT2D eigenvalue weighted by Crippen LogP contribution is -2.30. The van der Waals surface area contributed by atoms with Crippen LogP contribution < -0.4 is 11.1 Å². The van der Waals surface area contributed by atoms with Gasteiger partial charge in [0.2, 0.25) is 5.91 Å². The predicted molar refractivity (Wildman–Crippen MR) is 58.3 cm³/mol. The Morgan fingerprint density at radius 3 is 2.72 bits per heavy atom.